The Labute approximate surface area is 252 Å². The van der Waals surface area contributed by atoms with Gasteiger partial charge in [0.1, 0.15) is 0 Å². The van der Waals surface area contributed by atoms with Gasteiger partial charge < -0.3 is 4.90 Å². The van der Waals surface area contributed by atoms with Crippen molar-refractivity contribution in [2.24, 2.45) is 0 Å². The molecular weight excluding hydrogens is 518 g/mol. The van der Waals surface area contributed by atoms with Crippen LogP contribution in [-0.4, -0.2) is 0 Å². The molecule has 0 saturated heterocycles. The molecule has 0 unspecified atom stereocenters. The van der Waals surface area contributed by atoms with Crippen molar-refractivity contribution in [2.75, 3.05) is 4.90 Å². The third-order valence-electron chi connectivity index (χ3n) is 8.97. The Morgan fingerprint density at radius 2 is 0.674 bits per heavy atom. The van der Waals surface area contributed by atoms with Crippen LogP contribution in [0.4, 0.5) is 17.1 Å². The summed E-state index contributed by atoms with van der Waals surface area (Å²) in [5.74, 6) is 0. The zero-order valence-electron chi connectivity index (χ0n) is 23.5. The Balaban J connectivity index is 1.20. The summed E-state index contributed by atoms with van der Waals surface area (Å²) in [5.41, 5.74) is 19.0. The molecule has 43 heavy (non-hydrogen) atoms. The van der Waals surface area contributed by atoms with Gasteiger partial charge in [0, 0.05) is 17.1 Å². The smallest absolute Gasteiger partial charge is 0.0462 e. The summed E-state index contributed by atoms with van der Waals surface area (Å²) >= 11 is 0. The first-order chi connectivity index (χ1) is 21.3. The number of para-hydroxylation sites is 2. The Bertz CT molecular complexity index is 2100. The van der Waals surface area contributed by atoms with Crippen molar-refractivity contribution in [2.45, 2.75) is 0 Å². The zero-order chi connectivity index (χ0) is 28.3. The number of fused-ring (bicyclic) bond motifs is 4. The highest BCUT2D eigenvalue weighted by Gasteiger charge is 2.30. The van der Waals surface area contributed by atoms with Gasteiger partial charge in [0.05, 0.1) is 0 Å². The predicted molar refractivity (Wildman–Crippen MR) is 181 cm³/mol. The van der Waals surface area contributed by atoms with Gasteiger partial charge in [-0.1, -0.05) is 121 Å². The topological polar surface area (TPSA) is 3.24 Å². The molecule has 0 amide bonds. The monoisotopic (exact) mass is 545 g/mol. The first kappa shape index (κ1) is 24.0. The average molecular weight is 546 g/mol. The summed E-state index contributed by atoms with van der Waals surface area (Å²) in [6, 6.07) is 59.7. The molecule has 2 aliphatic rings. The van der Waals surface area contributed by atoms with Crippen molar-refractivity contribution < 1.29 is 0 Å². The van der Waals surface area contributed by atoms with E-state index in [0.29, 0.717) is 0 Å². The van der Waals surface area contributed by atoms with Gasteiger partial charge in [-0.3, -0.25) is 0 Å². The van der Waals surface area contributed by atoms with Gasteiger partial charge in [-0.15, -0.1) is 0 Å². The molecule has 0 heterocycles. The van der Waals surface area contributed by atoms with Gasteiger partial charge in [-0.05, 0) is 109 Å². The van der Waals surface area contributed by atoms with Crippen molar-refractivity contribution in [1.29, 1.82) is 0 Å². The van der Waals surface area contributed by atoms with Crippen molar-refractivity contribution in [1.82, 2.24) is 0 Å². The highest BCUT2D eigenvalue weighted by atomic mass is 15.1. The van der Waals surface area contributed by atoms with Crippen LogP contribution in [0.25, 0.3) is 66.8 Å². The van der Waals surface area contributed by atoms with Crippen LogP contribution in [0.2, 0.25) is 0 Å². The second-order valence-electron chi connectivity index (χ2n) is 11.3. The Morgan fingerprint density at radius 1 is 0.256 bits per heavy atom. The standard InChI is InChI=1S/C42H27N/c1-3-11-30(12-4-1)43(31-13-5-2-6-14-31)32-24-21-28(22-25-32)29-23-26-34-37-18-10-19-38-39-20-9-17-36(42(39)40(34)27-29)33-15-7-8-16-35(33)41(37)38/h1-27H. The largest absolute Gasteiger partial charge is 0.311 e. The summed E-state index contributed by atoms with van der Waals surface area (Å²) in [4.78, 5) is 2.31. The number of nitrogens with zero attached hydrogens (tertiary/aromatic N) is 1. The molecule has 0 saturated carbocycles. The predicted octanol–water partition coefficient (Wildman–Crippen LogP) is 11.8. The molecule has 0 aromatic heterocycles. The van der Waals surface area contributed by atoms with Crippen LogP contribution in [-0.2, 0) is 0 Å². The molecule has 2 aliphatic carbocycles. The SMILES string of the molecule is c1ccc(N(c2ccccc2)c2ccc(-c3ccc4c(c3)-c3c5cccc3-c3cccc-4c3-c3ccccc3-5)cc2)cc1. The molecule has 0 N–H and O–H groups in total. The molecule has 0 spiro atoms. The second kappa shape index (κ2) is 9.44. The van der Waals surface area contributed by atoms with Crippen LogP contribution in [0.5, 0.6) is 0 Å². The second-order valence-corrected chi connectivity index (χ2v) is 11.3. The third-order valence-corrected chi connectivity index (χ3v) is 8.97. The van der Waals surface area contributed by atoms with Gasteiger partial charge in [0.25, 0.3) is 0 Å². The lowest BCUT2D eigenvalue weighted by molar-refractivity contribution is 1.28. The van der Waals surface area contributed by atoms with E-state index in [4.69, 9.17) is 0 Å². The van der Waals surface area contributed by atoms with E-state index in [0.717, 1.165) is 17.1 Å². The molecule has 1 heteroatoms. The summed E-state index contributed by atoms with van der Waals surface area (Å²) in [7, 11) is 0. The summed E-state index contributed by atoms with van der Waals surface area (Å²) in [6.45, 7) is 0. The quantitative estimate of drug-likeness (QED) is 0.213. The molecule has 0 atom stereocenters. The van der Waals surface area contributed by atoms with Gasteiger partial charge in [-0.2, -0.15) is 0 Å². The van der Waals surface area contributed by atoms with Crippen molar-refractivity contribution in [3.63, 3.8) is 0 Å². The maximum atomic E-state index is 2.41. The van der Waals surface area contributed by atoms with E-state index in [1.54, 1.807) is 0 Å². The van der Waals surface area contributed by atoms with Crippen molar-refractivity contribution in [3.05, 3.63) is 164 Å². The maximum Gasteiger partial charge on any atom is 0.0462 e. The Morgan fingerprint density at radius 3 is 1.28 bits per heavy atom. The van der Waals surface area contributed by atoms with Crippen LogP contribution >= 0.6 is 0 Å². The molecular formula is C42H27N. The average Bonchev–Trinajstić information content (AvgIpc) is 3.19. The van der Waals surface area contributed by atoms with Gasteiger partial charge in [-0.25, -0.2) is 0 Å². The summed E-state index contributed by atoms with van der Waals surface area (Å²) < 4.78 is 0. The van der Waals surface area contributed by atoms with E-state index >= 15 is 0 Å². The van der Waals surface area contributed by atoms with E-state index in [1.807, 2.05) is 0 Å². The van der Waals surface area contributed by atoms with Crippen LogP contribution in [0, 0.1) is 0 Å². The fourth-order valence-corrected chi connectivity index (χ4v) is 7.09. The van der Waals surface area contributed by atoms with E-state index in [9.17, 15) is 0 Å². The van der Waals surface area contributed by atoms with E-state index in [-0.39, 0.29) is 0 Å². The molecule has 0 radical (unpaired) electrons. The molecule has 1 nitrogen and oxygen atoms in total. The van der Waals surface area contributed by atoms with E-state index in [2.05, 4.69) is 169 Å². The Kier molecular flexibility index (Phi) is 5.27. The lowest BCUT2D eigenvalue weighted by Gasteiger charge is -2.25. The van der Waals surface area contributed by atoms with E-state index < -0.39 is 0 Å². The molecule has 0 aliphatic heterocycles. The van der Waals surface area contributed by atoms with Crippen LogP contribution < -0.4 is 4.90 Å². The molecule has 9 rings (SSSR count). The normalized spacial score (nSPS) is 11.7. The molecule has 7 aromatic rings. The highest BCUT2D eigenvalue weighted by Crippen LogP contribution is 2.57. The number of rotatable bonds is 4. The minimum Gasteiger partial charge on any atom is -0.311 e. The summed E-state index contributed by atoms with van der Waals surface area (Å²) in [6.07, 6.45) is 0. The number of benzene rings is 7. The lowest BCUT2D eigenvalue weighted by atomic mass is 9.83. The molecule has 0 fully saturated rings. The summed E-state index contributed by atoms with van der Waals surface area (Å²) in [5, 5.41) is 0. The fraction of sp³-hybridized carbons (Fsp3) is 0. The first-order valence-corrected chi connectivity index (χ1v) is 14.9. The number of anilines is 3. The number of hydrogen-bond acceptors (Lipinski definition) is 1. The molecule has 200 valence electrons. The van der Waals surface area contributed by atoms with E-state index in [1.165, 1.54) is 66.8 Å². The zero-order valence-corrected chi connectivity index (χ0v) is 23.5. The van der Waals surface area contributed by atoms with Crippen LogP contribution in [0.3, 0.4) is 0 Å². The minimum absolute atomic E-state index is 1.13. The fourth-order valence-electron chi connectivity index (χ4n) is 7.09. The lowest BCUT2D eigenvalue weighted by Crippen LogP contribution is -2.09. The third kappa shape index (κ3) is 3.65. The number of hydrogen-bond donors (Lipinski definition) is 0. The molecule has 7 aromatic carbocycles. The van der Waals surface area contributed by atoms with Gasteiger partial charge in [0.2, 0.25) is 0 Å². The van der Waals surface area contributed by atoms with Crippen molar-refractivity contribution in [3.8, 4) is 66.8 Å². The van der Waals surface area contributed by atoms with Crippen LogP contribution in [0.15, 0.2) is 164 Å². The Hall–Kier alpha value is -5.66. The van der Waals surface area contributed by atoms with Crippen LogP contribution in [0.1, 0.15) is 0 Å². The highest BCUT2D eigenvalue weighted by molar-refractivity contribution is 6.15. The van der Waals surface area contributed by atoms with Crippen molar-refractivity contribution >= 4 is 17.1 Å². The maximum absolute atomic E-state index is 2.41. The first-order valence-electron chi connectivity index (χ1n) is 14.9. The minimum atomic E-state index is 1.13. The molecule has 6 bridgehead atoms. The van der Waals surface area contributed by atoms with Gasteiger partial charge >= 0.3 is 0 Å². The van der Waals surface area contributed by atoms with Gasteiger partial charge in [0.15, 0.2) is 0 Å².